The number of carbonyl (C=O) groups is 1. The summed E-state index contributed by atoms with van der Waals surface area (Å²) in [6.07, 6.45) is 0. The first kappa shape index (κ1) is 9.49. The summed E-state index contributed by atoms with van der Waals surface area (Å²) < 4.78 is 0. The molecule has 0 aliphatic heterocycles. The summed E-state index contributed by atoms with van der Waals surface area (Å²) in [6, 6.07) is 1.21. The van der Waals surface area contributed by atoms with Gasteiger partial charge in [0.1, 0.15) is 5.82 Å². The van der Waals surface area contributed by atoms with Crippen molar-refractivity contribution in [2.24, 2.45) is 5.84 Å². The number of nitrogens with two attached hydrogens (primary N) is 1. The number of carboxylic acids is 1. The molecule has 0 aliphatic carbocycles. The number of hydrogen-bond acceptors (Lipinski definition) is 6. The van der Waals surface area contributed by atoms with E-state index in [0.717, 1.165) is 0 Å². The van der Waals surface area contributed by atoms with E-state index in [0.29, 0.717) is 0 Å². The van der Waals surface area contributed by atoms with Crippen LogP contribution in [0, 0.1) is 0 Å². The number of aromatic carboxylic acids is 1. The smallest absolute Gasteiger partial charge is 0.354 e. The van der Waals surface area contributed by atoms with Crippen LogP contribution in [0.25, 0.3) is 0 Å². The maximum Gasteiger partial charge on any atom is 0.354 e. The fourth-order valence-corrected chi connectivity index (χ4v) is 0.807. The lowest BCUT2D eigenvalue weighted by atomic mass is 10.4. The molecule has 7 heteroatoms. The van der Waals surface area contributed by atoms with Crippen molar-refractivity contribution in [3.05, 3.63) is 17.6 Å². The molecule has 0 bridgehead atoms. The lowest BCUT2D eigenvalue weighted by Gasteiger charge is -2.00. The zero-order valence-corrected chi connectivity index (χ0v) is 7.21. The molecule has 0 saturated carbocycles. The Hall–Kier alpha value is -1.60. The van der Waals surface area contributed by atoms with Crippen LogP contribution in [0.2, 0.25) is 0 Å². The Morgan fingerprint density at radius 3 is 2.85 bits per heavy atom. The lowest BCUT2D eigenvalue weighted by molar-refractivity contribution is 0.0690. The van der Waals surface area contributed by atoms with Gasteiger partial charge >= 0.3 is 5.97 Å². The van der Waals surface area contributed by atoms with Crippen LogP contribution in [-0.2, 0) is 0 Å². The van der Waals surface area contributed by atoms with E-state index in [1.54, 1.807) is 0 Å². The van der Waals surface area contributed by atoms with E-state index in [4.69, 9.17) is 10.9 Å². The van der Waals surface area contributed by atoms with Crippen molar-refractivity contribution in [2.75, 3.05) is 5.43 Å². The van der Waals surface area contributed by atoms with Gasteiger partial charge in [-0.3, -0.25) is 0 Å². The van der Waals surface area contributed by atoms with Gasteiger partial charge in [0.25, 0.3) is 0 Å². The van der Waals surface area contributed by atoms with E-state index in [1.807, 2.05) is 0 Å². The fraction of sp³-hybridized carbons (Fsp3) is 0. The van der Waals surface area contributed by atoms with Crippen LogP contribution in [0.1, 0.15) is 16.3 Å². The number of carboxylic acid groups (broad SMARTS) is 1. The highest BCUT2D eigenvalue weighted by atomic mass is 32.1. The minimum absolute atomic E-state index is 0.142. The van der Waals surface area contributed by atoms with E-state index in [1.165, 1.54) is 11.4 Å². The molecular formula is C6H6N4O2S. The summed E-state index contributed by atoms with van der Waals surface area (Å²) in [7, 11) is 0. The van der Waals surface area contributed by atoms with Crippen LogP contribution >= 0.6 is 12.2 Å². The zero-order chi connectivity index (χ0) is 9.84. The molecule has 0 radical (unpaired) electrons. The molecule has 1 heterocycles. The molecule has 4 N–H and O–H groups in total. The molecule has 0 spiro atoms. The third-order valence-corrected chi connectivity index (χ3v) is 1.43. The van der Waals surface area contributed by atoms with Gasteiger partial charge in [-0.15, -0.1) is 0 Å². The summed E-state index contributed by atoms with van der Waals surface area (Å²) >= 11 is 4.56. The summed E-state index contributed by atoms with van der Waals surface area (Å²) in [5, 5.41) is 9.79. The number of nitrogen functional groups attached to an aromatic ring is 1. The van der Waals surface area contributed by atoms with Gasteiger partial charge in [0.05, 0.1) is 0 Å². The molecule has 0 unspecified atom stereocenters. The monoisotopic (exact) mass is 198 g/mol. The van der Waals surface area contributed by atoms with Gasteiger partial charge in [-0.25, -0.2) is 20.6 Å². The molecule has 6 nitrogen and oxygen atoms in total. The quantitative estimate of drug-likeness (QED) is 0.351. The van der Waals surface area contributed by atoms with Crippen LogP contribution < -0.4 is 11.3 Å². The van der Waals surface area contributed by atoms with Crippen molar-refractivity contribution in [3.63, 3.8) is 0 Å². The van der Waals surface area contributed by atoms with E-state index in [9.17, 15) is 4.79 Å². The molecular weight excluding hydrogens is 192 g/mol. The molecule has 0 amide bonds. The Kier molecular flexibility index (Phi) is 2.83. The first-order valence-corrected chi connectivity index (χ1v) is 3.68. The van der Waals surface area contributed by atoms with Crippen molar-refractivity contribution < 1.29 is 9.90 Å². The number of anilines is 1. The van der Waals surface area contributed by atoms with Crippen molar-refractivity contribution in [1.82, 2.24) is 9.97 Å². The van der Waals surface area contributed by atoms with Gasteiger partial charge in [-0.1, -0.05) is 12.2 Å². The highest BCUT2D eigenvalue weighted by Gasteiger charge is 2.08. The number of hydrazine groups is 1. The molecule has 0 aromatic carbocycles. The highest BCUT2D eigenvalue weighted by Crippen LogP contribution is 2.04. The molecule has 0 saturated heterocycles. The second kappa shape index (κ2) is 3.87. The molecule has 68 valence electrons. The van der Waals surface area contributed by atoms with Gasteiger partial charge < -0.3 is 10.5 Å². The van der Waals surface area contributed by atoms with Gasteiger partial charge in [0.15, 0.2) is 11.5 Å². The number of aromatic nitrogens is 2. The van der Waals surface area contributed by atoms with Gasteiger partial charge in [0.2, 0.25) is 0 Å². The maximum absolute atomic E-state index is 10.5. The van der Waals surface area contributed by atoms with E-state index < -0.39 is 5.97 Å². The molecule has 13 heavy (non-hydrogen) atoms. The zero-order valence-electron chi connectivity index (χ0n) is 6.39. The largest absolute Gasteiger partial charge is 0.477 e. The number of nitrogens with one attached hydrogen (secondary N) is 1. The fourth-order valence-electron chi connectivity index (χ4n) is 0.702. The average molecular weight is 198 g/mol. The van der Waals surface area contributed by atoms with Crippen molar-refractivity contribution >= 4 is 29.4 Å². The Balaban J connectivity index is 3.22. The maximum atomic E-state index is 10.5. The number of hydrogen-bond donors (Lipinski definition) is 3. The normalized spacial score (nSPS) is 9.31. The van der Waals surface area contributed by atoms with Crippen molar-refractivity contribution in [2.45, 2.75) is 0 Å². The molecule has 1 aromatic heterocycles. The van der Waals surface area contributed by atoms with Gasteiger partial charge in [-0.2, -0.15) is 0 Å². The van der Waals surface area contributed by atoms with Crippen LogP contribution in [0.4, 0.5) is 5.82 Å². The molecule has 0 fully saturated rings. The standard InChI is InChI=1S/C6H6N4O2S/c7-10-4-1-3(6(11)12)8-5(2-13)9-4/h1-2H,7H2,(H,11,12)(H,8,9,10). The average Bonchev–Trinajstić information content (AvgIpc) is 2.16. The predicted octanol–water partition coefficient (Wildman–Crippen LogP) is -0.192. The van der Waals surface area contributed by atoms with Gasteiger partial charge in [-0.05, 0) is 0 Å². The van der Waals surface area contributed by atoms with Crippen LogP contribution in [0.5, 0.6) is 0 Å². The third kappa shape index (κ3) is 2.17. The molecule has 1 aromatic rings. The lowest BCUT2D eigenvalue weighted by Crippen LogP contribution is -2.13. The van der Waals surface area contributed by atoms with Crippen molar-refractivity contribution in [3.8, 4) is 0 Å². The number of nitrogens with zero attached hydrogens (tertiary/aromatic N) is 2. The summed E-state index contributed by atoms with van der Waals surface area (Å²) in [6.45, 7) is 0. The predicted molar refractivity (Wildman–Crippen MR) is 49.6 cm³/mol. The van der Waals surface area contributed by atoms with Crippen LogP contribution in [-0.4, -0.2) is 26.4 Å². The van der Waals surface area contributed by atoms with E-state index in [-0.39, 0.29) is 17.3 Å². The van der Waals surface area contributed by atoms with E-state index in [2.05, 4.69) is 27.6 Å². The summed E-state index contributed by atoms with van der Waals surface area (Å²) in [4.78, 5) is 17.9. The molecule has 0 aliphatic rings. The highest BCUT2D eigenvalue weighted by molar-refractivity contribution is 7.79. The second-order valence-corrected chi connectivity index (χ2v) is 2.30. The van der Waals surface area contributed by atoms with Crippen LogP contribution in [0.15, 0.2) is 6.07 Å². The SMILES string of the molecule is NNc1cc(C(=O)O)nc(C=S)n1. The van der Waals surface area contributed by atoms with Crippen LogP contribution in [0.3, 0.4) is 0 Å². The molecule has 0 atom stereocenters. The Labute approximate surface area is 78.8 Å². The Bertz CT molecular complexity index is 354. The summed E-state index contributed by atoms with van der Waals surface area (Å²) in [5.41, 5.74) is 2.06. The van der Waals surface area contributed by atoms with Gasteiger partial charge in [0, 0.05) is 11.4 Å². The van der Waals surface area contributed by atoms with Crippen molar-refractivity contribution in [1.29, 1.82) is 0 Å². The Morgan fingerprint density at radius 2 is 2.38 bits per heavy atom. The number of thiocarbonyl (C=S) groups is 1. The third-order valence-electron chi connectivity index (χ3n) is 1.22. The summed E-state index contributed by atoms with van der Waals surface area (Å²) in [5.74, 6) is 4.26. The minimum atomic E-state index is -1.16. The first-order valence-electron chi connectivity index (χ1n) is 3.21. The molecule has 1 rings (SSSR count). The minimum Gasteiger partial charge on any atom is -0.477 e. The first-order chi connectivity index (χ1) is 6.17. The Morgan fingerprint density at radius 1 is 1.69 bits per heavy atom. The van der Waals surface area contributed by atoms with E-state index >= 15 is 0 Å². The topological polar surface area (TPSA) is 101 Å². The number of rotatable bonds is 3. The second-order valence-electron chi connectivity index (χ2n) is 2.06.